The molecule has 1 aliphatic rings. The van der Waals surface area contributed by atoms with Crippen LogP contribution in [0.1, 0.15) is 29.0 Å². The molecule has 2 N–H and O–H groups in total. The summed E-state index contributed by atoms with van der Waals surface area (Å²) < 4.78 is 10.9. The summed E-state index contributed by atoms with van der Waals surface area (Å²) >= 11 is 0. The van der Waals surface area contributed by atoms with Gasteiger partial charge in [-0.2, -0.15) is 0 Å². The fourth-order valence-corrected chi connectivity index (χ4v) is 4.26. The molecule has 0 radical (unpaired) electrons. The van der Waals surface area contributed by atoms with Gasteiger partial charge in [0.1, 0.15) is 25.0 Å². The van der Waals surface area contributed by atoms with Crippen LogP contribution in [0, 0.1) is 0 Å². The lowest BCUT2D eigenvalue weighted by atomic mass is 9.98. The Kier molecular flexibility index (Phi) is 7.28. The molecule has 3 aromatic rings. The first-order valence-corrected chi connectivity index (χ1v) is 11.2. The molecule has 0 spiro atoms. The third kappa shape index (κ3) is 5.29. The molecule has 6 nitrogen and oxygen atoms in total. The maximum Gasteiger partial charge on any atom is 0.407 e. The second-order valence-corrected chi connectivity index (χ2v) is 8.14. The summed E-state index contributed by atoms with van der Waals surface area (Å²) in [5.41, 5.74) is 5.43. The molecule has 0 saturated heterocycles. The van der Waals surface area contributed by atoms with Crippen molar-refractivity contribution in [3.05, 3.63) is 102 Å². The lowest BCUT2D eigenvalue weighted by Crippen LogP contribution is -2.41. The average Bonchev–Trinajstić information content (AvgIpc) is 3.18. The summed E-state index contributed by atoms with van der Waals surface area (Å²) in [6.45, 7) is 4.17. The maximum absolute atomic E-state index is 12.5. The standard InChI is InChI=1S/C28H27NO5/c1-2-17-33-20-14-11-19(12-15-20)13-16-26(27(30)31)29-28(32)34-18-25-23-9-5-3-7-21(23)22-8-4-6-10-24(22)25/h2-12,14-15,25-26H,1,13,16-18H2,(H,29,32)(H,30,31). The highest BCUT2D eigenvalue weighted by Crippen LogP contribution is 2.44. The highest BCUT2D eigenvalue weighted by atomic mass is 16.5. The minimum absolute atomic E-state index is 0.0803. The number of aryl methyl sites for hydroxylation is 1. The molecule has 3 aromatic carbocycles. The maximum atomic E-state index is 12.5. The number of carbonyl (C=O) groups excluding carboxylic acids is 1. The molecular weight excluding hydrogens is 430 g/mol. The number of aliphatic carboxylic acids is 1. The van der Waals surface area contributed by atoms with Gasteiger partial charge in [-0.1, -0.05) is 73.3 Å². The van der Waals surface area contributed by atoms with E-state index >= 15 is 0 Å². The van der Waals surface area contributed by atoms with Gasteiger partial charge in [-0.3, -0.25) is 0 Å². The van der Waals surface area contributed by atoms with E-state index in [0.717, 1.165) is 33.6 Å². The minimum atomic E-state index is -1.10. The van der Waals surface area contributed by atoms with Crippen LogP contribution >= 0.6 is 0 Å². The number of nitrogens with one attached hydrogen (secondary N) is 1. The van der Waals surface area contributed by atoms with Crippen LogP contribution in [0.25, 0.3) is 11.1 Å². The van der Waals surface area contributed by atoms with Crippen molar-refractivity contribution in [1.29, 1.82) is 0 Å². The first kappa shape index (κ1) is 23.1. The zero-order valence-corrected chi connectivity index (χ0v) is 18.8. The zero-order valence-electron chi connectivity index (χ0n) is 18.8. The van der Waals surface area contributed by atoms with Gasteiger partial charge in [0.05, 0.1) is 0 Å². The van der Waals surface area contributed by atoms with Crippen LogP contribution in [0.4, 0.5) is 4.79 Å². The first-order valence-electron chi connectivity index (χ1n) is 11.2. The number of amides is 1. The van der Waals surface area contributed by atoms with Crippen molar-refractivity contribution in [2.45, 2.75) is 24.8 Å². The van der Waals surface area contributed by atoms with Gasteiger partial charge in [-0.05, 0) is 52.8 Å². The highest BCUT2D eigenvalue weighted by molar-refractivity contribution is 5.81. The van der Waals surface area contributed by atoms with Crippen LogP contribution in [0.2, 0.25) is 0 Å². The van der Waals surface area contributed by atoms with E-state index in [2.05, 4.69) is 24.0 Å². The number of carbonyl (C=O) groups is 2. The lowest BCUT2D eigenvalue weighted by Gasteiger charge is -2.17. The van der Waals surface area contributed by atoms with Crippen molar-refractivity contribution >= 4 is 12.1 Å². The average molecular weight is 458 g/mol. The first-order chi connectivity index (χ1) is 16.6. The zero-order chi connectivity index (χ0) is 23.9. The van der Waals surface area contributed by atoms with Gasteiger partial charge >= 0.3 is 12.1 Å². The molecule has 174 valence electrons. The topological polar surface area (TPSA) is 84.9 Å². The molecule has 0 fully saturated rings. The van der Waals surface area contributed by atoms with E-state index in [-0.39, 0.29) is 18.9 Å². The van der Waals surface area contributed by atoms with Crippen LogP contribution < -0.4 is 10.1 Å². The second-order valence-electron chi connectivity index (χ2n) is 8.14. The quantitative estimate of drug-likeness (QED) is 0.410. The number of benzene rings is 3. The van der Waals surface area contributed by atoms with Gasteiger partial charge in [0.2, 0.25) is 0 Å². The van der Waals surface area contributed by atoms with Crippen molar-refractivity contribution in [3.63, 3.8) is 0 Å². The Bertz CT molecular complexity index is 1130. The molecule has 1 unspecified atom stereocenters. The van der Waals surface area contributed by atoms with E-state index in [4.69, 9.17) is 9.47 Å². The van der Waals surface area contributed by atoms with Crippen molar-refractivity contribution in [1.82, 2.24) is 5.32 Å². The van der Waals surface area contributed by atoms with Crippen LogP contribution in [0.5, 0.6) is 5.75 Å². The number of hydrogen-bond acceptors (Lipinski definition) is 4. The van der Waals surface area contributed by atoms with Crippen molar-refractivity contribution in [3.8, 4) is 16.9 Å². The van der Waals surface area contributed by atoms with E-state index in [9.17, 15) is 14.7 Å². The predicted octanol–water partition coefficient (Wildman–Crippen LogP) is 5.18. The van der Waals surface area contributed by atoms with Crippen molar-refractivity contribution in [2.24, 2.45) is 0 Å². The molecule has 1 aliphatic carbocycles. The predicted molar refractivity (Wildman–Crippen MR) is 130 cm³/mol. The van der Waals surface area contributed by atoms with Gasteiger partial charge in [-0.15, -0.1) is 0 Å². The molecular formula is C28H27NO5. The van der Waals surface area contributed by atoms with Crippen LogP contribution in [-0.4, -0.2) is 36.4 Å². The third-order valence-corrected chi connectivity index (χ3v) is 5.95. The number of rotatable bonds is 10. The smallest absolute Gasteiger partial charge is 0.407 e. The normalized spacial score (nSPS) is 12.8. The fraction of sp³-hybridized carbons (Fsp3) is 0.214. The Hall–Kier alpha value is -4.06. The number of carboxylic acid groups (broad SMARTS) is 1. The molecule has 1 amide bonds. The van der Waals surface area contributed by atoms with Crippen LogP contribution in [-0.2, 0) is 16.0 Å². The van der Waals surface area contributed by atoms with E-state index in [1.165, 1.54) is 0 Å². The Balaban J connectivity index is 1.33. The largest absolute Gasteiger partial charge is 0.490 e. The SMILES string of the molecule is C=CCOc1ccc(CCC(NC(=O)OCC2c3ccccc3-c3ccccc32)C(=O)O)cc1. The Morgan fingerprint density at radius 2 is 1.59 bits per heavy atom. The summed E-state index contributed by atoms with van der Waals surface area (Å²) in [5.74, 6) is -0.460. The van der Waals surface area contributed by atoms with E-state index < -0.39 is 18.1 Å². The minimum Gasteiger partial charge on any atom is -0.490 e. The van der Waals surface area contributed by atoms with E-state index in [0.29, 0.717) is 13.0 Å². The fourth-order valence-electron chi connectivity index (χ4n) is 4.26. The number of ether oxygens (including phenoxy) is 2. The van der Waals surface area contributed by atoms with Gasteiger partial charge in [0.15, 0.2) is 0 Å². The molecule has 0 aromatic heterocycles. The number of alkyl carbamates (subject to hydrolysis) is 1. The highest BCUT2D eigenvalue weighted by Gasteiger charge is 2.29. The van der Waals surface area contributed by atoms with Crippen molar-refractivity contribution < 1.29 is 24.2 Å². The van der Waals surface area contributed by atoms with Crippen LogP contribution in [0.3, 0.4) is 0 Å². The molecule has 34 heavy (non-hydrogen) atoms. The summed E-state index contributed by atoms with van der Waals surface area (Å²) in [6, 6.07) is 22.5. The Morgan fingerprint density at radius 1 is 0.971 bits per heavy atom. The monoisotopic (exact) mass is 457 g/mol. The molecule has 1 atom stereocenters. The number of carboxylic acids is 1. The molecule has 6 heteroatoms. The molecule has 0 saturated carbocycles. The summed E-state index contributed by atoms with van der Waals surface area (Å²) in [5, 5.41) is 12.1. The van der Waals surface area contributed by atoms with Gasteiger partial charge < -0.3 is 19.9 Å². The van der Waals surface area contributed by atoms with Crippen LogP contribution in [0.15, 0.2) is 85.5 Å². The van der Waals surface area contributed by atoms with E-state index in [1.807, 2.05) is 60.7 Å². The number of fused-ring (bicyclic) bond motifs is 3. The summed E-state index contributed by atoms with van der Waals surface area (Å²) in [6.07, 6.45) is 1.66. The molecule has 0 aliphatic heterocycles. The van der Waals surface area contributed by atoms with Gasteiger partial charge in [0, 0.05) is 5.92 Å². The molecule has 4 rings (SSSR count). The summed E-state index contributed by atoms with van der Waals surface area (Å²) in [7, 11) is 0. The Labute approximate surface area is 198 Å². The summed E-state index contributed by atoms with van der Waals surface area (Å²) in [4.78, 5) is 24.2. The Morgan fingerprint density at radius 3 is 2.18 bits per heavy atom. The van der Waals surface area contributed by atoms with Gasteiger partial charge in [0.25, 0.3) is 0 Å². The number of hydrogen-bond donors (Lipinski definition) is 2. The molecule has 0 bridgehead atoms. The second kappa shape index (κ2) is 10.7. The van der Waals surface area contributed by atoms with Gasteiger partial charge in [-0.25, -0.2) is 9.59 Å². The lowest BCUT2D eigenvalue weighted by molar-refractivity contribution is -0.139. The van der Waals surface area contributed by atoms with Crippen molar-refractivity contribution in [2.75, 3.05) is 13.2 Å². The molecule has 0 heterocycles. The van der Waals surface area contributed by atoms with E-state index in [1.54, 1.807) is 6.08 Å². The third-order valence-electron chi connectivity index (χ3n) is 5.95.